The molecular weight excluding hydrogens is 424 g/mol. The fraction of sp³-hybridized carbons (Fsp3) is 0.250. The van der Waals surface area contributed by atoms with Gasteiger partial charge in [0.1, 0.15) is 5.69 Å². The van der Waals surface area contributed by atoms with E-state index in [2.05, 4.69) is 10.6 Å². The molecule has 0 aliphatic carbocycles. The summed E-state index contributed by atoms with van der Waals surface area (Å²) in [6, 6.07) is 8.69. The first-order valence-corrected chi connectivity index (χ1v) is 9.74. The maximum absolute atomic E-state index is 12.6. The molecule has 1 fully saturated rings. The fourth-order valence-corrected chi connectivity index (χ4v) is 3.35. The molecule has 31 heavy (non-hydrogen) atoms. The van der Waals surface area contributed by atoms with Gasteiger partial charge in [0, 0.05) is 30.4 Å². The number of nitro benzene ring substituents is 1. The minimum Gasteiger partial charge on any atom is -0.478 e. The third-order valence-corrected chi connectivity index (χ3v) is 4.94. The molecule has 0 radical (unpaired) electrons. The Morgan fingerprint density at radius 3 is 2.45 bits per heavy atom. The number of nitro groups is 1. The Bertz CT molecular complexity index is 1050. The van der Waals surface area contributed by atoms with Crippen molar-refractivity contribution in [1.29, 1.82) is 0 Å². The number of benzene rings is 2. The number of carboxylic acid groups (broad SMARTS) is 1. The van der Waals surface area contributed by atoms with Crippen molar-refractivity contribution in [3.05, 3.63) is 63.2 Å². The van der Waals surface area contributed by atoms with Crippen LogP contribution in [0.1, 0.15) is 26.3 Å². The first kappa shape index (κ1) is 22.1. The zero-order chi connectivity index (χ0) is 22.5. The van der Waals surface area contributed by atoms with Crippen LogP contribution >= 0.6 is 12.2 Å². The lowest BCUT2D eigenvalue weighted by atomic mass is 10.1. The molecule has 1 aliphatic heterocycles. The average Bonchev–Trinajstić information content (AvgIpc) is 2.75. The molecular formula is C20H20N4O6S. The molecule has 0 atom stereocenters. The van der Waals surface area contributed by atoms with Gasteiger partial charge in [-0.3, -0.25) is 20.2 Å². The van der Waals surface area contributed by atoms with Gasteiger partial charge in [-0.1, -0.05) is 0 Å². The van der Waals surface area contributed by atoms with Crippen LogP contribution in [-0.2, 0) is 4.74 Å². The summed E-state index contributed by atoms with van der Waals surface area (Å²) in [4.78, 5) is 36.5. The van der Waals surface area contributed by atoms with Crippen molar-refractivity contribution >= 4 is 46.3 Å². The molecule has 3 rings (SSSR count). The number of thiocarbonyl (C=S) groups is 1. The Balaban J connectivity index is 1.72. The zero-order valence-electron chi connectivity index (χ0n) is 16.6. The fourth-order valence-electron chi connectivity index (χ4n) is 3.15. The Hall–Kier alpha value is -3.57. The number of aromatic carboxylic acids is 1. The molecule has 2 aromatic rings. The second kappa shape index (κ2) is 9.49. The normalized spacial score (nSPS) is 13.4. The van der Waals surface area contributed by atoms with Gasteiger partial charge >= 0.3 is 5.97 Å². The van der Waals surface area contributed by atoms with Crippen LogP contribution < -0.4 is 15.5 Å². The summed E-state index contributed by atoms with van der Waals surface area (Å²) in [6.07, 6.45) is 0. The Labute approximate surface area is 183 Å². The number of anilines is 2. The number of carbonyl (C=O) groups excluding carboxylic acids is 1. The molecule has 162 valence electrons. The number of ether oxygens (including phenoxy) is 1. The first-order valence-electron chi connectivity index (χ1n) is 9.33. The SMILES string of the molecule is Cc1cc(C(=O)O)ccc1NC(=S)NC(=O)c1ccc(N2CCOCC2)c([N+](=O)[O-])c1. The summed E-state index contributed by atoms with van der Waals surface area (Å²) in [5.74, 6) is -1.65. The highest BCUT2D eigenvalue weighted by atomic mass is 32.1. The molecule has 0 unspecified atom stereocenters. The molecule has 0 aromatic heterocycles. The molecule has 0 saturated carbocycles. The number of rotatable bonds is 5. The van der Waals surface area contributed by atoms with Crippen molar-refractivity contribution in [1.82, 2.24) is 5.32 Å². The van der Waals surface area contributed by atoms with Crippen LogP contribution in [0, 0.1) is 17.0 Å². The number of nitrogens with one attached hydrogen (secondary N) is 2. The van der Waals surface area contributed by atoms with Crippen LogP contribution in [0.4, 0.5) is 17.1 Å². The summed E-state index contributed by atoms with van der Waals surface area (Å²) < 4.78 is 5.28. The molecule has 10 nitrogen and oxygen atoms in total. The van der Waals surface area contributed by atoms with Crippen molar-refractivity contribution in [2.24, 2.45) is 0 Å². The molecule has 0 bridgehead atoms. The largest absolute Gasteiger partial charge is 0.478 e. The maximum atomic E-state index is 12.6. The van der Waals surface area contributed by atoms with Gasteiger partial charge in [0.15, 0.2) is 5.11 Å². The minimum absolute atomic E-state index is 0.0175. The van der Waals surface area contributed by atoms with Crippen LogP contribution in [-0.4, -0.2) is 53.3 Å². The summed E-state index contributed by atoms with van der Waals surface area (Å²) in [7, 11) is 0. The highest BCUT2D eigenvalue weighted by Crippen LogP contribution is 2.30. The monoisotopic (exact) mass is 444 g/mol. The zero-order valence-corrected chi connectivity index (χ0v) is 17.4. The molecule has 1 aliphatic rings. The van der Waals surface area contributed by atoms with E-state index >= 15 is 0 Å². The van der Waals surface area contributed by atoms with E-state index < -0.39 is 16.8 Å². The van der Waals surface area contributed by atoms with Gasteiger partial charge in [-0.15, -0.1) is 0 Å². The predicted molar refractivity (Wildman–Crippen MR) is 118 cm³/mol. The van der Waals surface area contributed by atoms with E-state index in [1.807, 2.05) is 4.90 Å². The number of aryl methyl sites for hydroxylation is 1. The van der Waals surface area contributed by atoms with Crippen molar-refractivity contribution < 1.29 is 24.4 Å². The molecule has 2 aromatic carbocycles. The van der Waals surface area contributed by atoms with E-state index in [4.69, 9.17) is 22.1 Å². The molecule has 11 heteroatoms. The third kappa shape index (κ3) is 5.32. The molecule has 1 amide bonds. The van der Waals surface area contributed by atoms with Crippen LogP contribution in [0.2, 0.25) is 0 Å². The van der Waals surface area contributed by atoms with E-state index in [-0.39, 0.29) is 21.9 Å². The number of morpholine rings is 1. The Kier molecular flexibility index (Phi) is 6.78. The van der Waals surface area contributed by atoms with Gasteiger partial charge in [-0.2, -0.15) is 0 Å². The average molecular weight is 444 g/mol. The molecule has 0 spiro atoms. The van der Waals surface area contributed by atoms with Crippen LogP contribution in [0.3, 0.4) is 0 Å². The van der Waals surface area contributed by atoms with Crippen molar-refractivity contribution in [3.63, 3.8) is 0 Å². The summed E-state index contributed by atoms with van der Waals surface area (Å²) >= 11 is 5.15. The number of carboxylic acids is 1. The maximum Gasteiger partial charge on any atom is 0.335 e. The van der Waals surface area contributed by atoms with Gasteiger partial charge in [0.05, 0.1) is 23.7 Å². The van der Waals surface area contributed by atoms with Gasteiger partial charge < -0.3 is 20.1 Å². The van der Waals surface area contributed by atoms with E-state index in [1.54, 1.807) is 19.1 Å². The van der Waals surface area contributed by atoms with Crippen LogP contribution in [0.15, 0.2) is 36.4 Å². The van der Waals surface area contributed by atoms with E-state index in [0.29, 0.717) is 43.2 Å². The van der Waals surface area contributed by atoms with Crippen LogP contribution in [0.5, 0.6) is 0 Å². The van der Waals surface area contributed by atoms with Gasteiger partial charge in [0.2, 0.25) is 0 Å². The molecule has 1 saturated heterocycles. The predicted octanol–water partition coefficient (Wildman–Crippen LogP) is 2.56. The lowest BCUT2D eigenvalue weighted by molar-refractivity contribution is -0.384. The minimum atomic E-state index is -1.05. The van der Waals surface area contributed by atoms with Crippen molar-refractivity contribution in [2.45, 2.75) is 6.92 Å². The standard InChI is InChI=1S/C20H20N4O6S/c1-12-10-14(19(26)27)2-4-15(12)21-20(31)22-18(25)13-3-5-16(17(11-13)24(28)29)23-6-8-30-9-7-23/h2-5,10-11H,6-9H2,1H3,(H,26,27)(H2,21,22,25,31). The van der Waals surface area contributed by atoms with Crippen molar-refractivity contribution in [2.75, 3.05) is 36.5 Å². The summed E-state index contributed by atoms with van der Waals surface area (Å²) in [5, 5.41) is 25.9. The van der Waals surface area contributed by atoms with E-state index in [9.17, 15) is 19.7 Å². The second-order valence-electron chi connectivity index (χ2n) is 6.80. The van der Waals surface area contributed by atoms with E-state index in [1.165, 1.54) is 24.3 Å². The first-order chi connectivity index (χ1) is 14.8. The second-order valence-corrected chi connectivity index (χ2v) is 7.21. The van der Waals surface area contributed by atoms with E-state index in [0.717, 1.165) is 0 Å². The third-order valence-electron chi connectivity index (χ3n) is 4.73. The lowest BCUT2D eigenvalue weighted by Crippen LogP contribution is -2.37. The lowest BCUT2D eigenvalue weighted by Gasteiger charge is -2.28. The molecule has 3 N–H and O–H groups in total. The number of amides is 1. The Morgan fingerprint density at radius 2 is 1.84 bits per heavy atom. The summed E-state index contributed by atoms with van der Waals surface area (Å²) in [5.41, 5.74) is 1.63. The van der Waals surface area contributed by atoms with Crippen molar-refractivity contribution in [3.8, 4) is 0 Å². The number of carbonyl (C=O) groups is 2. The molecule has 1 heterocycles. The van der Waals surface area contributed by atoms with Gasteiger partial charge in [-0.25, -0.2) is 4.79 Å². The number of hydrogen-bond acceptors (Lipinski definition) is 7. The van der Waals surface area contributed by atoms with Gasteiger partial charge in [-0.05, 0) is 55.0 Å². The Morgan fingerprint density at radius 1 is 1.16 bits per heavy atom. The number of nitrogens with zero attached hydrogens (tertiary/aromatic N) is 2. The highest BCUT2D eigenvalue weighted by Gasteiger charge is 2.23. The highest BCUT2D eigenvalue weighted by molar-refractivity contribution is 7.80. The quantitative estimate of drug-likeness (QED) is 0.361. The van der Waals surface area contributed by atoms with Gasteiger partial charge in [0.25, 0.3) is 11.6 Å². The van der Waals surface area contributed by atoms with Crippen LogP contribution in [0.25, 0.3) is 0 Å². The number of hydrogen-bond donors (Lipinski definition) is 3. The summed E-state index contributed by atoms with van der Waals surface area (Å²) in [6.45, 7) is 3.71. The smallest absolute Gasteiger partial charge is 0.335 e. The topological polar surface area (TPSA) is 134 Å².